The summed E-state index contributed by atoms with van der Waals surface area (Å²) in [5.41, 5.74) is -0.0855. The van der Waals surface area contributed by atoms with Gasteiger partial charge >= 0.3 is 7.82 Å². The van der Waals surface area contributed by atoms with E-state index in [1.807, 2.05) is 0 Å². The largest absolute Gasteiger partial charge is 0.530 e. The molecule has 4 rings (SSSR count). The van der Waals surface area contributed by atoms with Gasteiger partial charge in [0.25, 0.3) is 11.4 Å². The standard InChI is InChI=1S/C17H18FN2O9PS/c1-25-10-4-2-3-9-7-26-30(24,29-13(9)10)27-8-17(18)14(23)12(22)15(28-17)20-6-5-11(21)19-16(20)31/h2-6,12,14-15,22-23H,7-8H2,1H3,(H,19,21,31)/t12-,14+,15-,17-,30?/m1/s1/i15D. The van der Waals surface area contributed by atoms with Crippen LogP contribution in [0.3, 0.4) is 0 Å². The minimum atomic E-state index is -4.39. The molecule has 1 unspecified atom stereocenters. The Morgan fingerprint density at radius 2 is 2.26 bits per heavy atom. The second-order valence-electron chi connectivity index (χ2n) is 6.63. The number of benzene rings is 1. The Hall–Kier alpha value is -2.12. The molecule has 168 valence electrons. The predicted molar refractivity (Wildman–Crippen MR) is 104 cm³/mol. The number of rotatable bonds is 5. The molecule has 0 spiro atoms. The van der Waals surface area contributed by atoms with Crippen LogP contribution in [-0.4, -0.2) is 51.5 Å². The number of methoxy groups -OCH3 is 1. The summed E-state index contributed by atoms with van der Waals surface area (Å²) in [6.45, 7) is -1.42. The Labute approximate surface area is 180 Å². The van der Waals surface area contributed by atoms with Crippen molar-refractivity contribution in [3.05, 3.63) is 51.2 Å². The predicted octanol–water partition coefficient (Wildman–Crippen LogP) is 1.56. The van der Waals surface area contributed by atoms with E-state index in [1.165, 1.54) is 7.11 Å². The number of para-hydroxylation sites is 1. The molecule has 2 aliphatic rings. The van der Waals surface area contributed by atoms with Crippen LogP contribution in [0, 0.1) is 4.77 Å². The van der Waals surface area contributed by atoms with Gasteiger partial charge in [0.15, 0.2) is 22.5 Å². The number of aromatic nitrogens is 2. The third-order valence-corrected chi connectivity index (χ3v) is 6.21. The van der Waals surface area contributed by atoms with Crippen LogP contribution in [0.1, 0.15) is 13.1 Å². The summed E-state index contributed by atoms with van der Waals surface area (Å²) in [6.07, 6.45) is -6.15. The van der Waals surface area contributed by atoms with Crippen molar-refractivity contribution < 1.29 is 43.6 Å². The molecule has 0 radical (unpaired) electrons. The number of nitrogens with one attached hydrogen (secondary N) is 1. The van der Waals surface area contributed by atoms with Gasteiger partial charge in [0, 0.05) is 17.8 Å². The second kappa shape index (κ2) is 8.10. The van der Waals surface area contributed by atoms with Gasteiger partial charge in [0.2, 0.25) is 0 Å². The normalized spacial score (nSPS) is 35.2. The topological polar surface area (TPSA) is 141 Å². The Morgan fingerprint density at radius 1 is 1.48 bits per heavy atom. The van der Waals surface area contributed by atoms with Gasteiger partial charge < -0.3 is 24.2 Å². The highest BCUT2D eigenvalue weighted by Gasteiger charge is 2.57. The molecule has 3 N–H and O–H groups in total. The molecule has 3 heterocycles. The number of phosphoric ester groups is 1. The summed E-state index contributed by atoms with van der Waals surface area (Å²) in [5, 5.41) is 20.6. The molecule has 0 saturated carbocycles. The molecule has 0 aliphatic carbocycles. The number of phosphoric acid groups is 1. The van der Waals surface area contributed by atoms with E-state index in [9.17, 15) is 19.6 Å². The Kier molecular flexibility index (Phi) is 5.42. The van der Waals surface area contributed by atoms with Crippen LogP contribution in [0.25, 0.3) is 0 Å². The first-order valence-electron chi connectivity index (χ1n) is 9.34. The van der Waals surface area contributed by atoms with Crippen LogP contribution in [0.15, 0.2) is 35.3 Å². The lowest BCUT2D eigenvalue weighted by molar-refractivity contribution is -0.205. The van der Waals surface area contributed by atoms with Crippen molar-refractivity contribution in [1.29, 1.82) is 0 Å². The van der Waals surface area contributed by atoms with Crippen molar-refractivity contribution >= 4 is 20.0 Å². The van der Waals surface area contributed by atoms with Crippen LogP contribution in [-0.2, 0) is 25.0 Å². The van der Waals surface area contributed by atoms with E-state index in [2.05, 4.69) is 4.98 Å². The number of aliphatic hydroxyl groups excluding tert-OH is 2. The van der Waals surface area contributed by atoms with Gasteiger partial charge in [-0.2, -0.15) is 0 Å². The van der Waals surface area contributed by atoms with E-state index in [0.717, 1.165) is 16.8 Å². The van der Waals surface area contributed by atoms with Crippen molar-refractivity contribution in [2.24, 2.45) is 0 Å². The number of fused-ring (bicyclic) bond motifs is 1. The summed E-state index contributed by atoms with van der Waals surface area (Å²) >= 11 is 4.92. The highest BCUT2D eigenvalue weighted by Crippen LogP contribution is 2.57. The maximum Gasteiger partial charge on any atom is 0.530 e. The molecule has 14 heteroatoms. The van der Waals surface area contributed by atoms with E-state index in [0.29, 0.717) is 5.56 Å². The Morgan fingerprint density at radius 3 is 2.97 bits per heavy atom. The molecule has 1 saturated heterocycles. The second-order valence-corrected chi connectivity index (χ2v) is 8.61. The monoisotopic (exact) mass is 477 g/mol. The molecule has 2 aliphatic heterocycles. The number of hydrogen-bond donors (Lipinski definition) is 3. The van der Waals surface area contributed by atoms with Crippen LogP contribution >= 0.6 is 20.0 Å². The van der Waals surface area contributed by atoms with Crippen molar-refractivity contribution in [3.8, 4) is 11.5 Å². The lowest BCUT2D eigenvalue weighted by Crippen LogP contribution is -2.43. The van der Waals surface area contributed by atoms with Gasteiger partial charge in [-0.1, -0.05) is 12.1 Å². The summed E-state index contributed by atoms with van der Waals surface area (Å²) in [4.78, 5) is 13.6. The Balaban J connectivity index is 1.56. The number of aliphatic hydroxyl groups is 2. The van der Waals surface area contributed by atoms with Gasteiger partial charge in [-0.3, -0.25) is 23.4 Å². The number of H-pyrrole nitrogens is 1. The zero-order valence-electron chi connectivity index (χ0n) is 16.9. The van der Waals surface area contributed by atoms with Crippen molar-refractivity contribution in [2.45, 2.75) is 30.9 Å². The fraction of sp³-hybridized carbons (Fsp3) is 0.412. The van der Waals surface area contributed by atoms with Gasteiger partial charge in [-0.25, -0.2) is 8.96 Å². The molecular weight excluding hydrogens is 458 g/mol. The minimum Gasteiger partial charge on any atom is -0.493 e. The SMILES string of the molecule is [2H][C@@]1(n2ccc(=O)[nH]c2=S)O[C@](F)(COP2(=O)OCc3cccc(OC)c3O2)[C@@H](O)[C@H]1O. The van der Waals surface area contributed by atoms with Crippen molar-refractivity contribution in [3.63, 3.8) is 0 Å². The minimum absolute atomic E-state index is 0.0831. The smallest absolute Gasteiger partial charge is 0.493 e. The Bertz CT molecular complexity index is 1200. The van der Waals surface area contributed by atoms with Crippen molar-refractivity contribution in [2.75, 3.05) is 13.7 Å². The molecule has 2 aromatic rings. The van der Waals surface area contributed by atoms with Crippen LogP contribution < -0.4 is 14.8 Å². The zero-order valence-corrected chi connectivity index (χ0v) is 17.6. The van der Waals surface area contributed by atoms with E-state index in [1.54, 1.807) is 18.2 Å². The van der Waals surface area contributed by atoms with E-state index in [4.69, 9.17) is 36.6 Å². The van der Waals surface area contributed by atoms with Gasteiger partial charge in [-0.15, -0.1) is 0 Å². The van der Waals surface area contributed by atoms with Crippen molar-refractivity contribution in [1.82, 2.24) is 9.55 Å². The van der Waals surface area contributed by atoms with Gasteiger partial charge in [0.05, 0.1) is 15.1 Å². The molecule has 1 aromatic heterocycles. The molecule has 11 nitrogen and oxygen atoms in total. The fourth-order valence-electron chi connectivity index (χ4n) is 3.02. The highest BCUT2D eigenvalue weighted by atomic mass is 32.1. The lowest BCUT2D eigenvalue weighted by atomic mass is 10.1. The van der Waals surface area contributed by atoms with Gasteiger partial charge in [0.1, 0.15) is 18.8 Å². The van der Waals surface area contributed by atoms with E-state index < -0.39 is 44.3 Å². The summed E-state index contributed by atoms with van der Waals surface area (Å²) in [7, 11) is -3.01. The number of alkyl halides is 1. The molecule has 5 atom stereocenters. The summed E-state index contributed by atoms with van der Waals surface area (Å²) in [6, 6.07) is 5.82. The molecule has 0 bridgehead atoms. The zero-order chi connectivity index (χ0) is 23.3. The number of ether oxygens (including phenoxy) is 2. The average Bonchev–Trinajstić information content (AvgIpc) is 2.93. The fourth-order valence-corrected chi connectivity index (χ4v) is 4.51. The number of aromatic amines is 1. The van der Waals surface area contributed by atoms with Crippen LogP contribution in [0.4, 0.5) is 4.39 Å². The third kappa shape index (κ3) is 4.05. The third-order valence-electron chi connectivity index (χ3n) is 4.61. The summed E-state index contributed by atoms with van der Waals surface area (Å²) in [5.74, 6) is -2.88. The lowest BCUT2D eigenvalue weighted by Gasteiger charge is -2.29. The van der Waals surface area contributed by atoms with Crippen LogP contribution in [0.2, 0.25) is 0 Å². The summed E-state index contributed by atoms with van der Waals surface area (Å²) < 4.78 is 62.6. The molecule has 1 fully saturated rings. The number of nitrogens with zero attached hydrogens (tertiary/aromatic N) is 1. The number of halogens is 1. The van der Waals surface area contributed by atoms with E-state index >= 15 is 4.39 Å². The highest BCUT2D eigenvalue weighted by molar-refractivity contribution is 7.71. The molecule has 1 aromatic carbocycles. The first-order chi connectivity index (χ1) is 15.0. The average molecular weight is 477 g/mol. The molecule has 31 heavy (non-hydrogen) atoms. The molecular formula is C17H18FN2O9PS. The first-order valence-corrected chi connectivity index (χ1v) is 10.7. The maximum atomic E-state index is 15.5. The molecule has 0 amide bonds. The quantitative estimate of drug-likeness (QED) is 0.429. The van der Waals surface area contributed by atoms with Crippen LogP contribution in [0.5, 0.6) is 11.5 Å². The van der Waals surface area contributed by atoms with Gasteiger partial charge in [-0.05, 0) is 18.3 Å². The maximum absolute atomic E-state index is 15.5. The first kappa shape index (κ1) is 20.8. The van der Waals surface area contributed by atoms with E-state index in [-0.39, 0.29) is 22.9 Å². The number of hydrogen-bond acceptors (Lipinski definition) is 10.